The standard InChI is InChI=1S/C12H20BrNO2/c13-6-5-10-3-1-7-14(9-10)12(15)11-4-2-8-16-11/h10-11H,1-9H2. The van der Waals surface area contributed by atoms with Gasteiger partial charge in [0.25, 0.3) is 5.91 Å². The van der Waals surface area contributed by atoms with Gasteiger partial charge in [-0.2, -0.15) is 0 Å². The van der Waals surface area contributed by atoms with Gasteiger partial charge in [-0.1, -0.05) is 15.9 Å². The first-order valence-corrected chi connectivity index (χ1v) is 7.39. The summed E-state index contributed by atoms with van der Waals surface area (Å²) in [5, 5.41) is 1.04. The second-order valence-electron chi connectivity index (χ2n) is 4.77. The summed E-state index contributed by atoms with van der Waals surface area (Å²) in [6.07, 6.45) is 5.41. The zero-order chi connectivity index (χ0) is 11.4. The predicted molar refractivity (Wildman–Crippen MR) is 66.7 cm³/mol. The van der Waals surface area contributed by atoms with Crippen molar-refractivity contribution in [2.45, 2.75) is 38.2 Å². The lowest BCUT2D eigenvalue weighted by atomic mass is 9.95. The van der Waals surface area contributed by atoms with Crippen molar-refractivity contribution < 1.29 is 9.53 Å². The topological polar surface area (TPSA) is 29.5 Å². The van der Waals surface area contributed by atoms with Gasteiger partial charge in [-0.25, -0.2) is 0 Å². The summed E-state index contributed by atoms with van der Waals surface area (Å²) in [6, 6.07) is 0. The van der Waals surface area contributed by atoms with Gasteiger partial charge in [0.1, 0.15) is 6.10 Å². The Kier molecular flexibility index (Phi) is 4.65. The third-order valence-electron chi connectivity index (χ3n) is 3.55. The Labute approximate surface area is 106 Å². The molecule has 2 unspecified atom stereocenters. The average Bonchev–Trinajstić information content (AvgIpc) is 2.82. The van der Waals surface area contributed by atoms with Crippen molar-refractivity contribution in [3.05, 3.63) is 0 Å². The van der Waals surface area contributed by atoms with Crippen molar-refractivity contribution in [1.29, 1.82) is 0 Å². The molecule has 2 fully saturated rings. The van der Waals surface area contributed by atoms with Crippen LogP contribution in [0.25, 0.3) is 0 Å². The first-order chi connectivity index (χ1) is 7.81. The molecule has 0 aromatic rings. The summed E-state index contributed by atoms with van der Waals surface area (Å²) >= 11 is 3.48. The van der Waals surface area contributed by atoms with Crippen LogP contribution in [0.15, 0.2) is 0 Å². The molecule has 2 aliphatic heterocycles. The normalized spacial score (nSPS) is 30.7. The molecule has 0 aliphatic carbocycles. The molecule has 0 bridgehead atoms. The third-order valence-corrected chi connectivity index (χ3v) is 4.01. The average molecular weight is 290 g/mol. The fourth-order valence-electron chi connectivity index (χ4n) is 2.63. The molecule has 0 spiro atoms. The number of hydrogen-bond donors (Lipinski definition) is 0. The SMILES string of the molecule is O=C(C1CCCO1)N1CCCC(CCBr)C1. The highest BCUT2D eigenvalue weighted by Gasteiger charge is 2.31. The molecule has 0 aromatic heterocycles. The van der Waals surface area contributed by atoms with Crippen LogP contribution >= 0.6 is 15.9 Å². The predicted octanol–water partition coefficient (Wildman–Crippen LogP) is 2.19. The van der Waals surface area contributed by atoms with Gasteiger partial charge in [0.05, 0.1) is 0 Å². The van der Waals surface area contributed by atoms with Crippen molar-refractivity contribution in [2.24, 2.45) is 5.92 Å². The van der Waals surface area contributed by atoms with Crippen LogP contribution in [-0.2, 0) is 9.53 Å². The third kappa shape index (κ3) is 2.98. The minimum atomic E-state index is -0.136. The molecule has 3 nitrogen and oxygen atoms in total. The van der Waals surface area contributed by atoms with Gasteiger partial charge < -0.3 is 9.64 Å². The van der Waals surface area contributed by atoms with E-state index in [0.717, 1.165) is 44.3 Å². The zero-order valence-corrected chi connectivity index (χ0v) is 11.2. The van der Waals surface area contributed by atoms with Crippen molar-refractivity contribution in [1.82, 2.24) is 4.90 Å². The van der Waals surface area contributed by atoms with E-state index in [0.29, 0.717) is 5.92 Å². The van der Waals surface area contributed by atoms with E-state index in [-0.39, 0.29) is 12.0 Å². The van der Waals surface area contributed by atoms with Crippen molar-refractivity contribution in [3.8, 4) is 0 Å². The Hall–Kier alpha value is -0.0900. The number of nitrogens with zero attached hydrogens (tertiary/aromatic N) is 1. The van der Waals surface area contributed by atoms with E-state index in [9.17, 15) is 4.79 Å². The van der Waals surface area contributed by atoms with Crippen LogP contribution in [0.1, 0.15) is 32.1 Å². The Morgan fingerprint density at radius 1 is 1.38 bits per heavy atom. The van der Waals surface area contributed by atoms with Gasteiger partial charge in [0, 0.05) is 25.0 Å². The summed E-state index contributed by atoms with van der Waals surface area (Å²) < 4.78 is 5.46. The molecule has 4 heteroatoms. The highest BCUT2D eigenvalue weighted by Crippen LogP contribution is 2.23. The van der Waals surface area contributed by atoms with Crippen LogP contribution in [0.2, 0.25) is 0 Å². The van der Waals surface area contributed by atoms with E-state index in [4.69, 9.17) is 4.74 Å². The molecule has 2 rings (SSSR count). The van der Waals surface area contributed by atoms with Gasteiger partial charge in [-0.05, 0) is 38.0 Å². The Morgan fingerprint density at radius 2 is 2.25 bits per heavy atom. The van der Waals surface area contributed by atoms with Crippen molar-refractivity contribution in [2.75, 3.05) is 25.0 Å². The second kappa shape index (κ2) is 6.01. The number of rotatable bonds is 3. The molecular weight excluding hydrogens is 270 g/mol. The van der Waals surface area contributed by atoms with Gasteiger partial charge >= 0.3 is 0 Å². The van der Waals surface area contributed by atoms with Crippen LogP contribution in [0.5, 0.6) is 0 Å². The summed E-state index contributed by atoms with van der Waals surface area (Å²) in [6.45, 7) is 2.62. The first-order valence-electron chi connectivity index (χ1n) is 6.27. The number of carbonyl (C=O) groups is 1. The molecular formula is C12H20BrNO2. The van der Waals surface area contributed by atoms with Crippen molar-refractivity contribution >= 4 is 21.8 Å². The van der Waals surface area contributed by atoms with Gasteiger partial charge in [0.15, 0.2) is 0 Å². The van der Waals surface area contributed by atoms with Crippen LogP contribution in [0, 0.1) is 5.92 Å². The molecule has 0 aromatic carbocycles. The molecule has 16 heavy (non-hydrogen) atoms. The van der Waals surface area contributed by atoms with Gasteiger partial charge in [-0.15, -0.1) is 0 Å². The smallest absolute Gasteiger partial charge is 0.251 e. The quantitative estimate of drug-likeness (QED) is 0.746. The van der Waals surface area contributed by atoms with E-state index >= 15 is 0 Å². The molecule has 2 heterocycles. The fraction of sp³-hybridized carbons (Fsp3) is 0.917. The number of likely N-dealkylation sites (tertiary alicyclic amines) is 1. The highest BCUT2D eigenvalue weighted by atomic mass is 79.9. The maximum Gasteiger partial charge on any atom is 0.251 e. The fourth-order valence-corrected chi connectivity index (χ4v) is 3.28. The lowest BCUT2D eigenvalue weighted by Gasteiger charge is -2.33. The van der Waals surface area contributed by atoms with E-state index in [1.165, 1.54) is 12.8 Å². The number of carbonyl (C=O) groups excluding carboxylic acids is 1. The molecule has 2 aliphatic rings. The number of hydrogen-bond acceptors (Lipinski definition) is 2. The second-order valence-corrected chi connectivity index (χ2v) is 5.56. The van der Waals surface area contributed by atoms with Crippen molar-refractivity contribution in [3.63, 3.8) is 0 Å². The maximum absolute atomic E-state index is 12.1. The summed E-state index contributed by atoms with van der Waals surface area (Å²) in [5.41, 5.74) is 0. The zero-order valence-electron chi connectivity index (χ0n) is 9.66. The number of alkyl halides is 1. The molecule has 1 amide bonds. The molecule has 0 radical (unpaired) electrons. The minimum Gasteiger partial charge on any atom is -0.368 e. The van der Waals surface area contributed by atoms with Crippen LogP contribution in [-0.4, -0.2) is 41.9 Å². The van der Waals surface area contributed by atoms with Gasteiger partial charge in [-0.3, -0.25) is 4.79 Å². The Morgan fingerprint density at radius 3 is 2.94 bits per heavy atom. The van der Waals surface area contributed by atoms with E-state index in [1.54, 1.807) is 0 Å². The monoisotopic (exact) mass is 289 g/mol. The van der Waals surface area contributed by atoms with E-state index in [1.807, 2.05) is 4.90 Å². The Bertz CT molecular complexity index is 239. The number of amides is 1. The molecule has 2 saturated heterocycles. The number of ether oxygens (including phenoxy) is 1. The molecule has 2 atom stereocenters. The first kappa shape index (κ1) is 12.4. The van der Waals surface area contributed by atoms with E-state index < -0.39 is 0 Å². The molecule has 0 saturated carbocycles. The molecule has 92 valence electrons. The number of halogens is 1. The van der Waals surface area contributed by atoms with Crippen LogP contribution < -0.4 is 0 Å². The Balaban J connectivity index is 1.85. The highest BCUT2D eigenvalue weighted by molar-refractivity contribution is 9.09. The van der Waals surface area contributed by atoms with Crippen LogP contribution in [0.4, 0.5) is 0 Å². The lowest BCUT2D eigenvalue weighted by Crippen LogP contribution is -2.44. The lowest BCUT2D eigenvalue weighted by molar-refractivity contribution is -0.142. The molecule has 0 N–H and O–H groups in total. The van der Waals surface area contributed by atoms with E-state index in [2.05, 4.69) is 15.9 Å². The summed E-state index contributed by atoms with van der Waals surface area (Å²) in [5.74, 6) is 0.912. The maximum atomic E-state index is 12.1. The van der Waals surface area contributed by atoms with Crippen LogP contribution in [0.3, 0.4) is 0 Å². The summed E-state index contributed by atoms with van der Waals surface area (Å²) in [4.78, 5) is 14.2. The largest absolute Gasteiger partial charge is 0.368 e. The summed E-state index contributed by atoms with van der Waals surface area (Å²) in [7, 11) is 0. The minimum absolute atomic E-state index is 0.136. The number of piperidine rings is 1. The van der Waals surface area contributed by atoms with Gasteiger partial charge in [0.2, 0.25) is 0 Å².